The quantitative estimate of drug-likeness (QED) is 0.769. The van der Waals surface area contributed by atoms with Crippen LogP contribution in [-0.4, -0.2) is 34.0 Å². The molecule has 6 heteroatoms. The minimum Gasteiger partial charge on any atom is -0.386 e. The van der Waals surface area contributed by atoms with Gasteiger partial charge in [-0.05, 0) is 19.4 Å². The van der Waals surface area contributed by atoms with Gasteiger partial charge >= 0.3 is 0 Å². The third kappa shape index (κ3) is 4.40. The van der Waals surface area contributed by atoms with Crippen LogP contribution in [0.25, 0.3) is 0 Å². The zero-order chi connectivity index (χ0) is 12.8. The lowest BCUT2D eigenvalue weighted by molar-refractivity contribution is -0.00345. The molecule has 0 saturated carbocycles. The number of aliphatic hydroxyl groups is 1. The molecule has 4 nitrogen and oxygen atoms in total. The molecule has 0 aliphatic rings. The highest BCUT2D eigenvalue weighted by Gasteiger charge is 2.15. The van der Waals surface area contributed by atoms with E-state index in [1.807, 2.05) is 16.9 Å². The fraction of sp³-hybridized carbons (Fsp3) is 0.727. The van der Waals surface area contributed by atoms with E-state index in [0.29, 0.717) is 12.6 Å². The van der Waals surface area contributed by atoms with Crippen LogP contribution in [0.3, 0.4) is 0 Å². The molecule has 0 aromatic carbocycles. The van der Waals surface area contributed by atoms with Crippen molar-refractivity contribution >= 4 is 0 Å². The number of hydrogen-bond acceptors (Lipinski definition) is 3. The van der Waals surface area contributed by atoms with Crippen molar-refractivity contribution in [1.29, 1.82) is 0 Å². The second-order valence-electron chi connectivity index (χ2n) is 4.08. The maximum Gasteiger partial charge on any atom is 0.265 e. The molecule has 2 atom stereocenters. The standard InChI is InChI=1S/C11H19F2N3O/c1-3-8(2)16-5-4-9(15-16)6-14-7-10(17)11(12)13/h4-5,8,10-11,14,17H,3,6-7H2,1-2H3. The average Bonchev–Trinajstić information content (AvgIpc) is 2.76. The highest BCUT2D eigenvalue weighted by Crippen LogP contribution is 2.09. The Morgan fingerprint density at radius 3 is 2.82 bits per heavy atom. The maximum absolute atomic E-state index is 12.0. The first-order chi connectivity index (χ1) is 8.04. The van der Waals surface area contributed by atoms with Crippen molar-refractivity contribution < 1.29 is 13.9 Å². The Morgan fingerprint density at radius 1 is 1.53 bits per heavy atom. The lowest BCUT2D eigenvalue weighted by Gasteiger charge is -2.10. The van der Waals surface area contributed by atoms with Crippen molar-refractivity contribution in [3.05, 3.63) is 18.0 Å². The number of nitrogens with one attached hydrogen (secondary N) is 1. The van der Waals surface area contributed by atoms with Crippen molar-refractivity contribution in [3.63, 3.8) is 0 Å². The topological polar surface area (TPSA) is 50.1 Å². The van der Waals surface area contributed by atoms with Crippen molar-refractivity contribution in [1.82, 2.24) is 15.1 Å². The molecule has 0 bridgehead atoms. The van der Waals surface area contributed by atoms with E-state index >= 15 is 0 Å². The second-order valence-corrected chi connectivity index (χ2v) is 4.08. The number of hydrogen-bond donors (Lipinski definition) is 2. The van der Waals surface area contributed by atoms with Crippen LogP contribution in [0.1, 0.15) is 32.0 Å². The molecule has 0 aliphatic carbocycles. The van der Waals surface area contributed by atoms with Crippen molar-refractivity contribution in [2.45, 2.75) is 45.4 Å². The van der Waals surface area contributed by atoms with Crippen LogP contribution in [0, 0.1) is 0 Å². The van der Waals surface area contributed by atoms with Crippen molar-refractivity contribution in [2.24, 2.45) is 0 Å². The zero-order valence-corrected chi connectivity index (χ0v) is 10.1. The monoisotopic (exact) mass is 247 g/mol. The van der Waals surface area contributed by atoms with Gasteiger partial charge in [0.2, 0.25) is 0 Å². The molecule has 17 heavy (non-hydrogen) atoms. The smallest absolute Gasteiger partial charge is 0.265 e. The van der Waals surface area contributed by atoms with Gasteiger partial charge in [-0.15, -0.1) is 0 Å². The lowest BCUT2D eigenvalue weighted by atomic mass is 10.3. The first kappa shape index (κ1) is 14.1. The number of alkyl halides is 2. The molecule has 1 aromatic heterocycles. The van der Waals surface area contributed by atoms with E-state index in [2.05, 4.69) is 24.3 Å². The minimum absolute atomic E-state index is 0.131. The van der Waals surface area contributed by atoms with E-state index in [1.54, 1.807) is 0 Å². The van der Waals surface area contributed by atoms with Crippen molar-refractivity contribution in [3.8, 4) is 0 Å². The summed E-state index contributed by atoms with van der Waals surface area (Å²) in [5.41, 5.74) is 0.784. The fourth-order valence-corrected chi connectivity index (χ4v) is 1.34. The minimum atomic E-state index is -2.71. The molecule has 0 fully saturated rings. The first-order valence-electron chi connectivity index (χ1n) is 5.75. The van der Waals surface area contributed by atoms with Gasteiger partial charge in [0.05, 0.1) is 5.69 Å². The Balaban J connectivity index is 2.35. The summed E-state index contributed by atoms with van der Waals surface area (Å²) >= 11 is 0. The first-order valence-corrected chi connectivity index (χ1v) is 5.75. The van der Waals surface area contributed by atoms with Crippen LogP contribution < -0.4 is 5.32 Å². The molecule has 0 aliphatic heterocycles. The Kier molecular flexibility index (Phi) is 5.50. The highest BCUT2D eigenvalue weighted by molar-refractivity contribution is 4.99. The summed E-state index contributed by atoms with van der Waals surface area (Å²) in [6.07, 6.45) is -1.47. The summed E-state index contributed by atoms with van der Waals surface area (Å²) < 4.78 is 25.8. The van der Waals surface area contributed by atoms with Gasteiger partial charge in [0.1, 0.15) is 6.10 Å². The van der Waals surface area contributed by atoms with Gasteiger partial charge in [-0.2, -0.15) is 5.10 Å². The van der Waals surface area contributed by atoms with E-state index in [1.165, 1.54) is 0 Å². The predicted octanol–water partition coefficient (Wildman–Crippen LogP) is 1.57. The molecule has 2 N–H and O–H groups in total. The molecular weight excluding hydrogens is 228 g/mol. The molecule has 0 spiro atoms. The number of nitrogens with zero attached hydrogens (tertiary/aromatic N) is 2. The summed E-state index contributed by atoms with van der Waals surface area (Å²) in [6, 6.07) is 2.17. The van der Waals surface area contributed by atoms with Crippen LogP contribution in [0.4, 0.5) is 8.78 Å². The van der Waals surface area contributed by atoms with Gasteiger partial charge in [0, 0.05) is 25.3 Å². The highest BCUT2D eigenvalue weighted by atomic mass is 19.3. The Bertz CT molecular complexity index is 330. The van der Waals surface area contributed by atoms with E-state index in [9.17, 15) is 8.78 Å². The summed E-state index contributed by atoms with van der Waals surface area (Å²) in [5, 5.41) is 16.0. The molecule has 0 saturated heterocycles. The average molecular weight is 247 g/mol. The second kappa shape index (κ2) is 6.66. The van der Waals surface area contributed by atoms with Gasteiger partial charge in [-0.25, -0.2) is 8.78 Å². The van der Waals surface area contributed by atoms with Crippen LogP contribution in [0.2, 0.25) is 0 Å². The molecule has 1 heterocycles. The van der Waals surface area contributed by atoms with E-state index in [0.717, 1.165) is 12.1 Å². The van der Waals surface area contributed by atoms with E-state index < -0.39 is 12.5 Å². The van der Waals surface area contributed by atoms with Crippen molar-refractivity contribution in [2.75, 3.05) is 6.54 Å². The summed E-state index contributed by atoms with van der Waals surface area (Å²) in [7, 11) is 0. The molecule has 0 radical (unpaired) electrons. The number of rotatable bonds is 7. The summed E-state index contributed by atoms with van der Waals surface area (Å²) in [6.45, 7) is 4.38. The molecule has 1 rings (SSSR count). The van der Waals surface area contributed by atoms with Gasteiger partial charge in [-0.1, -0.05) is 6.92 Å². The van der Waals surface area contributed by atoms with E-state index in [-0.39, 0.29) is 6.54 Å². The van der Waals surface area contributed by atoms with Gasteiger partial charge < -0.3 is 10.4 Å². The van der Waals surface area contributed by atoms with Gasteiger partial charge in [0.15, 0.2) is 0 Å². The Morgan fingerprint density at radius 2 is 2.24 bits per heavy atom. The summed E-state index contributed by atoms with van der Waals surface area (Å²) in [5.74, 6) is 0. The summed E-state index contributed by atoms with van der Waals surface area (Å²) in [4.78, 5) is 0. The fourth-order valence-electron chi connectivity index (χ4n) is 1.34. The third-order valence-corrected chi connectivity index (χ3v) is 2.66. The van der Waals surface area contributed by atoms with Crippen LogP contribution in [0.5, 0.6) is 0 Å². The SMILES string of the molecule is CCC(C)n1ccc(CNCC(O)C(F)F)n1. The Hall–Kier alpha value is -1.01. The number of aromatic nitrogens is 2. The predicted molar refractivity (Wildman–Crippen MR) is 60.9 cm³/mol. The molecule has 2 unspecified atom stereocenters. The third-order valence-electron chi connectivity index (χ3n) is 2.66. The maximum atomic E-state index is 12.0. The Labute approximate surface area is 99.6 Å². The largest absolute Gasteiger partial charge is 0.386 e. The number of halogens is 2. The zero-order valence-electron chi connectivity index (χ0n) is 10.1. The molecule has 98 valence electrons. The van der Waals surface area contributed by atoms with Crippen LogP contribution >= 0.6 is 0 Å². The molecular formula is C11H19F2N3O. The van der Waals surface area contributed by atoms with Crippen LogP contribution in [-0.2, 0) is 6.54 Å². The van der Waals surface area contributed by atoms with Gasteiger partial charge in [-0.3, -0.25) is 4.68 Å². The normalized spacial score (nSPS) is 15.2. The lowest BCUT2D eigenvalue weighted by Crippen LogP contribution is -2.31. The van der Waals surface area contributed by atoms with Gasteiger partial charge in [0.25, 0.3) is 6.43 Å². The van der Waals surface area contributed by atoms with E-state index in [4.69, 9.17) is 5.11 Å². The van der Waals surface area contributed by atoms with Crippen LogP contribution in [0.15, 0.2) is 12.3 Å². The molecule has 1 aromatic rings. The molecule has 0 amide bonds. The number of aliphatic hydroxyl groups excluding tert-OH is 1.